The Balaban J connectivity index is 1.38. The first kappa shape index (κ1) is 15.7. The number of ether oxygens (including phenoxy) is 1. The summed E-state index contributed by atoms with van der Waals surface area (Å²) in [5.41, 5.74) is 0. The topological polar surface area (TPSA) is 41.6 Å². The van der Waals surface area contributed by atoms with Crippen molar-refractivity contribution < 1.29 is 9.53 Å². The van der Waals surface area contributed by atoms with Crippen molar-refractivity contribution in [3.63, 3.8) is 0 Å². The molecule has 1 heterocycles. The Labute approximate surface area is 136 Å². The number of likely N-dealkylation sites (tertiary alicyclic amines) is 1. The molecule has 0 aromatic heterocycles. The molecule has 0 atom stereocenters. The zero-order valence-corrected chi connectivity index (χ0v) is 13.9. The molecule has 4 nitrogen and oxygen atoms in total. The van der Waals surface area contributed by atoms with Crippen molar-refractivity contribution >= 4 is 17.7 Å². The van der Waals surface area contributed by atoms with Crippen molar-refractivity contribution in [3.05, 3.63) is 24.3 Å². The third-order valence-corrected chi connectivity index (χ3v) is 5.36. The molecular formula is C17H24N2O2S. The second kappa shape index (κ2) is 7.38. The molecule has 0 unspecified atom stereocenters. The average molecular weight is 320 g/mol. The van der Waals surface area contributed by atoms with Gasteiger partial charge in [0.15, 0.2) is 0 Å². The minimum atomic E-state index is 0.137. The molecule has 1 N–H and O–H groups in total. The van der Waals surface area contributed by atoms with E-state index < -0.39 is 0 Å². The number of nitrogens with one attached hydrogen (secondary N) is 1. The van der Waals surface area contributed by atoms with Crippen LogP contribution < -0.4 is 10.1 Å². The molecule has 2 fully saturated rings. The highest BCUT2D eigenvalue weighted by molar-refractivity contribution is 8.00. The molecule has 1 amide bonds. The second-order valence-corrected chi connectivity index (χ2v) is 7.13. The molecule has 120 valence electrons. The molecule has 5 heteroatoms. The summed E-state index contributed by atoms with van der Waals surface area (Å²) in [6.45, 7) is 2.28. The Morgan fingerprint density at radius 1 is 1.32 bits per heavy atom. The molecule has 2 aliphatic rings. The summed E-state index contributed by atoms with van der Waals surface area (Å²) in [6, 6.07) is 9.04. The molecule has 0 spiro atoms. The number of benzene rings is 1. The molecule has 22 heavy (non-hydrogen) atoms. The van der Waals surface area contributed by atoms with Gasteiger partial charge in [-0.15, -0.1) is 11.8 Å². The van der Waals surface area contributed by atoms with Crippen LogP contribution in [0.4, 0.5) is 0 Å². The summed E-state index contributed by atoms with van der Waals surface area (Å²) >= 11 is 1.56. The van der Waals surface area contributed by atoms with Gasteiger partial charge in [-0.1, -0.05) is 6.07 Å². The summed E-state index contributed by atoms with van der Waals surface area (Å²) in [5.74, 6) is 1.44. The molecule has 3 rings (SSSR count). The summed E-state index contributed by atoms with van der Waals surface area (Å²) in [4.78, 5) is 15.7. The average Bonchev–Trinajstić information content (AvgIpc) is 3.39. The van der Waals surface area contributed by atoms with Crippen molar-refractivity contribution in [2.45, 2.75) is 42.7 Å². The summed E-state index contributed by atoms with van der Waals surface area (Å²) in [7, 11) is 1.66. The summed E-state index contributed by atoms with van der Waals surface area (Å²) in [5, 5.41) is 3.18. The predicted molar refractivity (Wildman–Crippen MR) is 89.5 cm³/mol. The highest BCUT2D eigenvalue weighted by Crippen LogP contribution is 2.29. The molecule has 0 radical (unpaired) electrons. The SMILES string of the molecule is COc1cccc(SCC(=O)NC2CCN(C3CC3)CC2)c1. The van der Waals surface area contributed by atoms with Gasteiger partial charge in [0.05, 0.1) is 12.9 Å². The molecular weight excluding hydrogens is 296 g/mol. The Morgan fingerprint density at radius 2 is 2.09 bits per heavy atom. The smallest absolute Gasteiger partial charge is 0.230 e. The Morgan fingerprint density at radius 3 is 2.77 bits per heavy atom. The quantitative estimate of drug-likeness (QED) is 0.818. The molecule has 1 saturated carbocycles. The van der Waals surface area contributed by atoms with Crippen LogP contribution in [0.5, 0.6) is 5.75 Å². The van der Waals surface area contributed by atoms with E-state index >= 15 is 0 Å². The monoisotopic (exact) mass is 320 g/mol. The van der Waals surface area contributed by atoms with Crippen LogP contribution in [0, 0.1) is 0 Å². The van der Waals surface area contributed by atoms with E-state index in [1.165, 1.54) is 12.8 Å². The Kier molecular flexibility index (Phi) is 5.26. The normalized spacial score (nSPS) is 19.9. The first-order valence-corrected chi connectivity index (χ1v) is 9.03. The highest BCUT2D eigenvalue weighted by atomic mass is 32.2. The van der Waals surface area contributed by atoms with E-state index in [2.05, 4.69) is 10.2 Å². The number of amides is 1. The number of carbonyl (C=O) groups is 1. The molecule has 0 bridgehead atoms. The van der Waals surface area contributed by atoms with Crippen LogP contribution in [-0.2, 0) is 4.79 Å². The van der Waals surface area contributed by atoms with Crippen molar-refractivity contribution in [3.8, 4) is 5.75 Å². The van der Waals surface area contributed by atoms with Crippen molar-refractivity contribution in [1.82, 2.24) is 10.2 Å². The zero-order valence-electron chi connectivity index (χ0n) is 13.1. The first-order valence-electron chi connectivity index (χ1n) is 8.05. The third-order valence-electron chi connectivity index (χ3n) is 4.37. The van der Waals surface area contributed by atoms with E-state index in [1.807, 2.05) is 24.3 Å². The van der Waals surface area contributed by atoms with Crippen molar-refractivity contribution in [2.24, 2.45) is 0 Å². The van der Waals surface area contributed by atoms with Crippen molar-refractivity contribution in [1.29, 1.82) is 0 Å². The fraction of sp³-hybridized carbons (Fsp3) is 0.588. The fourth-order valence-electron chi connectivity index (χ4n) is 2.96. The third kappa shape index (κ3) is 4.40. The van der Waals surface area contributed by atoms with Gasteiger partial charge in [0.1, 0.15) is 5.75 Å². The van der Waals surface area contributed by atoms with Crippen LogP contribution in [0.1, 0.15) is 25.7 Å². The van der Waals surface area contributed by atoms with Gasteiger partial charge < -0.3 is 15.0 Å². The molecule has 1 saturated heterocycles. The lowest BCUT2D eigenvalue weighted by Crippen LogP contribution is -2.45. The largest absolute Gasteiger partial charge is 0.497 e. The molecule has 1 aromatic carbocycles. The van der Waals surface area contributed by atoms with Crippen LogP contribution in [0.2, 0.25) is 0 Å². The van der Waals surface area contributed by atoms with E-state index in [0.29, 0.717) is 11.8 Å². The van der Waals surface area contributed by atoms with Gasteiger partial charge in [-0.25, -0.2) is 0 Å². The number of hydrogen-bond acceptors (Lipinski definition) is 4. The molecule has 1 aromatic rings. The fourth-order valence-corrected chi connectivity index (χ4v) is 3.71. The predicted octanol–water partition coefficient (Wildman–Crippen LogP) is 2.53. The molecule has 1 aliphatic heterocycles. The Hall–Kier alpha value is -1.20. The van der Waals surface area contributed by atoms with Gasteiger partial charge in [0.25, 0.3) is 0 Å². The molecule has 1 aliphatic carbocycles. The number of rotatable bonds is 6. The van der Waals surface area contributed by atoms with Gasteiger partial charge in [0.2, 0.25) is 5.91 Å². The van der Waals surface area contributed by atoms with Gasteiger partial charge in [0, 0.05) is 30.1 Å². The van der Waals surface area contributed by atoms with E-state index in [9.17, 15) is 4.79 Å². The van der Waals surface area contributed by atoms with Gasteiger partial charge in [-0.2, -0.15) is 0 Å². The van der Waals surface area contributed by atoms with E-state index in [1.54, 1.807) is 18.9 Å². The van der Waals surface area contributed by atoms with E-state index in [0.717, 1.165) is 42.6 Å². The first-order chi connectivity index (χ1) is 10.7. The standard InChI is InChI=1S/C17H24N2O2S/c1-21-15-3-2-4-16(11-15)22-12-17(20)18-13-7-9-19(10-8-13)14-5-6-14/h2-4,11,13-14H,5-10,12H2,1H3,(H,18,20). The zero-order chi connectivity index (χ0) is 15.4. The summed E-state index contributed by atoms with van der Waals surface area (Å²) in [6.07, 6.45) is 4.92. The maximum atomic E-state index is 12.1. The van der Waals surface area contributed by atoms with Gasteiger partial charge >= 0.3 is 0 Å². The van der Waals surface area contributed by atoms with Crippen LogP contribution in [0.25, 0.3) is 0 Å². The minimum Gasteiger partial charge on any atom is -0.497 e. The van der Waals surface area contributed by atoms with Crippen LogP contribution in [0.3, 0.4) is 0 Å². The van der Waals surface area contributed by atoms with Crippen molar-refractivity contribution in [2.75, 3.05) is 26.0 Å². The van der Waals surface area contributed by atoms with Crippen LogP contribution in [-0.4, -0.2) is 48.8 Å². The number of hydrogen-bond donors (Lipinski definition) is 1. The van der Waals surface area contributed by atoms with Crippen LogP contribution >= 0.6 is 11.8 Å². The Bertz CT molecular complexity index is 511. The lowest BCUT2D eigenvalue weighted by atomic mass is 10.1. The number of carbonyl (C=O) groups excluding carboxylic acids is 1. The number of nitrogens with zero attached hydrogens (tertiary/aromatic N) is 1. The number of thioether (sulfide) groups is 1. The lowest BCUT2D eigenvalue weighted by molar-refractivity contribution is -0.119. The maximum Gasteiger partial charge on any atom is 0.230 e. The van der Waals surface area contributed by atoms with E-state index in [-0.39, 0.29) is 5.91 Å². The summed E-state index contributed by atoms with van der Waals surface area (Å²) < 4.78 is 5.20. The number of methoxy groups -OCH3 is 1. The highest BCUT2D eigenvalue weighted by Gasteiger charge is 2.31. The lowest BCUT2D eigenvalue weighted by Gasteiger charge is -2.32. The van der Waals surface area contributed by atoms with Crippen LogP contribution in [0.15, 0.2) is 29.2 Å². The maximum absolute atomic E-state index is 12.1. The van der Waals surface area contributed by atoms with Gasteiger partial charge in [-0.05, 0) is 43.9 Å². The second-order valence-electron chi connectivity index (χ2n) is 6.08. The minimum absolute atomic E-state index is 0.137. The van der Waals surface area contributed by atoms with E-state index in [4.69, 9.17) is 4.74 Å². The number of piperidine rings is 1. The van der Waals surface area contributed by atoms with Gasteiger partial charge in [-0.3, -0.25) is 4.79 Å².